The van der Waals surface area contributed by atoms with Gasteiger partial charge in [0, 0.05) is 24.7 Å². The van der Waals surface area contributed by atoms with E-state index in [1.54, 1.807) is 18.2 Å². The maximum atomic E-state index is 13.5. The Hall–Kier alpha value is -2.05. The molecule has 1 aromatic heterocycles. The fourth-order valence-electron chi connectivity index (χ4n) is 2.90. The summed E-state index contributed by atoms with van der Waals surface area (Å²) in [6.07, 6.45) is 2.12. The van der Waals surface area contributed by atoms with Gasteiger partial charge in [0.2, 0.25) is 0 Å². The molecule has 4 nitrogen and oxygen atoms in total. The fraction of sp³-hybridized carbons (Fsp3) is 0.294. The van der Waals surface area contributed by atoms with Gasteiger partial charge in [0.05, 0.1) is 5.02 Å². The minimum absolute atomic E-state index is 0.0994. The second-order valence-corrected chi connectivity index (χ2v) is 6.15. The first kappa shape index (κ1) is 16.8. The topological polar surface area (TPSA) is 54.0 Å². The van der Waals surface area contributed by atoms with Gasteiger partial charge in [-0.2, -0.15) is 0 Å². The van der Waals surface area contributed by atoms with Crippen LogP contribution in [-0.2, 0) is 0 Å². The van der Waals surface area contributed by atoms with Crippen LogP contribution in [0.1, 0.15) is 28.4 Å². The summed E-state index contributed by atoms with van der Waals surface area (Å²) in [7, 11) is 0. The molecule has 1 aliphatic heterocycles. The summed E-state index contributed by atoms with van der Waals surface area (Å²) in [4.78, 5) is 16.3. The van der Waals surface area contributed by atoms with Crippen LogP contribution in [0.4, 0.5) is 8.78 Å². The molecular weight excluding hydrogens is 336 g/mol. The van der Waals surface area contributed by atoms with Crippen molar-refractivity contribution >= 4 is 17.5 Å². The zero-order valence-electron chi connectivity index (χ0n) is 12.7. The maximum Gasteiger partial charge on any atom is 0.270 e. The number of halogens is 3. The van der Waals surface area contributed by atoms with Crippen LogP contribution < -0.4 is 10.6 Å². The zero-order chi connectivity index (χ0) is 17.1. The summed E-state index contributed by atoms with van der Waals surface area (Å²) in [6, 6.07) is 6.77. The molecule has 1 amide bonds. The minimum atomic E-state index is -0.879. The Balaban J connectivity index is 1.78. The molecule has 3 rings (SSSR count). The molecule has 0 aliphatic carbocycles. The van der Waals surface area contributed by atoms with Crippen molar-refractivity contribution < 1.29 is 13.6 Å². The number of nitrogens with one attached hydrogen (secondary N) is 2. The van der Waals surface area contributed by atoms with Crippen LogP contribution >= 0.6 is 11.6 Å². The maximum absolute atomic E-state index is 13.5. The lowest BCUT2D eigenvalue weighted by Gasteiger charge is -2.33. The Labute approximate surface area is 143 Å². The predicted octanol–water partition coefficient (Wildman–Crippen LogP) is 2.89. The van der Waals surface area contributed by atoms with E-state index in [0.717, 1.165) is 12.6 Å². The molecule has 2 N–H and O–H groups in total. The largest absolute Gasteiger partial charge is 0.346 e. The van der Waals surface area contributed by atoms with Crippen LogP contribution in [-0.4, -0.2) is 30.0 Å². The Bertz CT molecular complexity index is 739. The molecule has 2 heterocycles. The number of aromatic nitrogens is 1. The Kier molecular flexibility index (Phi) is 5.06. The van der Waals surface area contributed by atoms with Crippen molar-refractivity contribution in [3.8, 4) is 0 Å². The molecule has 0 radical (unpaired) electrons. The van der Waals surface area contributed by atoms with Gasteiger partial charge in [-0.1, -0.05) is 17.7 Å². The van der Waals surface area contributed by atoms with Crippen molar-refractivity contribution in [1.82, 2.24) is 15.6 Å². The summed E-state index contributed by atoms with van der Waals surface area (Å²) < 4.78 is 26.7. The molecule has 1 saturated heterocycles. The number of carbonyl (C=O) groups excluding carboxylic acids is 1. The summed E-state index contributed by atoms with van der Waals surface area (Å²) in [5, 5.41) is 6.57. The molecule has 126 valence electrons. The molecule has 1 fully saturated rings. The van der Waals surface area contributed by atoms with Crippen LogP contribution in [0.15, 0.2) is 36.5 Å². The van der Waals surface area contributed by atoms with Crippen LogP contribution in [0, 0.1) is 11.6 Å². The van der Waals surface area contributed by atoms with Crippen molar-refractivity contribution in [2.24, 2.45) is 0 Å². The predicted molar refractivity (Wildman–Crippen MR) is 87.1 cm³/mol. The number of hydrogen-bond donors (Lipinski definition) is 2. The average Bonchev–Trinajstić information content (AvgIpc) is 2.58. The van der Waals surface area contributed by atoms with Crippen LogP contribution in [0.25, 0.3) is 0 Å². The molecule has 1 aromatic carbocycles. The van der Waals surface area contributed by atoms with E-state index >= 15 is 0 Å². The second-order valence-electron chi connectivity index (χ2n) is 5.71. The van der Waals surface area contributed by atoms with E-state index in [1.165, 1.54) is 12.3 Å². The number of nitrogens with zero attached hydrogens (tertiary/aromatic N) is 1. The molecular formula is C17H16ClF2N3O. The van der Waals surface area contributed by atoms with Crippen molar-refractivity contribution in [1.29, 1.82) is 0 Å². The first-order valence-corrected chi connectivity index (χ1v) is 8.00. The third-order valence-corrected chi connectivity index (χ3v) is 4.35. The third kappa shape index (κ3) is 3.71. The number of benzene rings is 1. The van der Waals surface area contributed by atoms with E-state index in [0.29, 0.717) is 23.6 Å². The van der Waals surface area contributed by atoms with E-state index in [9.17, 15) is 13.6 Å². The third-order valence-electron chi connectivity index (χ3n) is 4.13. The number of hydrogen-bond acceptors (Lipinski definition) is 3. The first-order chi connectivity index (χ1) is 11.5. The summed E-state index contributed by atoms with van der Waals surface area (Å²) >= 11 is 5.77. The van der Waals surface area contributed by atoms with Gasteiger partial charge in [-0.05, 0) is 42.8 Å². The normalized spacial score (nSPS) is 20.6. The summed E-state index contributed by atoms with van der Waals surface area (Å²) in [5.74, 6) is -2.18. The molecule has 1 aliphatic rings. The smallest absolute Gasteiger partial charge is 0.270 e. The molecule has 2 unspecified atom stereocenters. The molecule has 0 saturated carbocycles. The number of pyridine rings is 1. The quantitative estimate of drug-likeness (QED) is 0.894. The van der Waals surface area contributed by atoms with E-state index < -0.39 is 11.6 Å². The number of carbonyl (C=O) groups is 1. The van der Waals surface area contributed by atoms with Gasteiger partial charge in [-0.3, -0.25) is 4.79 Å². The van der Waals surface area contributed by atoms with Gasteiger partial charge in [0.1, 0.15) is 5.69 Å². The van der Waals surface area contributed by atoms with Crippen LogP contribution in [0.2, 0.25) is 5.02 Å². The number of rotatable bonds is 3. The standard InChI is InChI=1S/C17H16ClF2N3O/c18-11-2-4-15(22-8-11)17(24)23-16-9-21-6-5-12(16)10-1-3-13(19)14(20)7-10/h1-4,7-8,12,16,21H,5-6,9H2,(H,23,24). The molecule has 7 heteroatoms. The number of amides is 1. The minimum Gasteiger partial charge on any atom is -0.346 e. The molecule has 0 spiro atoms. The van der Waals surface area contributed by atoms with E-state index in [2.05, 4.69) is 15.6 Å². The van der Waals surface area contributed by atoms with Gasteiger partial charge < -0.3 is 10.6 Å². The monoisotopic (exact) mass is 351 g/mol. The molecule has 24 heavy (non-hydrogen) atoms. The highest BCUT2D eigenvalue weighted by molar-refractivity contribution is 6.30. The Morgan fingerprint density at radius 1 is 1.25 bits per heavy atom. The van der Waals surface area contributed by atoms with Gasteiger partial charge in [0.25, 0.3) is 5.91 Å². The van der Waals surface area contributed by atoms with Gasteiger partial charge in [-0.15, -0.1) is 0 Å². The van der Waals surface area contributed by atoms with Crippen LogP contribution in [0.5, 0.6) is 0 Å². The highest BCUT2D eigenvalue weighted by Gasteiger charge is 2.28. The lowest BCUT2D eigenvalue weighted by atomic mass is 9.86. The summed E-state index contributed by atoms with van der Waals surface area (Å²) in [5.41, 5.74) is 0.929. The Morgan fingerprint density at radius 2 is 2.08 bits per heavy atom. The first-order valence-electron chi connectivity index (χ1n) is 7.62. The lowest BCUT2D eigenvalue weighted by Crippen LogP contribution is -2.50. The van der Waals surface area contributed by atoms with Crippen molar-refractivity contribution in [2.75, 3.05) is 13.1 Å². The van der Waals surface area contributed by atoms with E-state index in [-0.39, 0.29) is 23.6 Å². The number of piperidine rings is 1. The molecule has 2 aromatic rings. The molecule has 2 atom stereocenters. The lowest BCUT2D eigenvalue weighted by molar-refractivity contribution is 0.0919. The SMILES string of the molecule is O=C(NC1CNCCC1c1ccc(F)c(F)c1)c1ccc(Cl)cn1. The zero-order valence-corrected chi connectivity index (χ0v) is 13.5. The Morgan fingerprint density at radius 3 is 2.79 bits per heavy atom. The van der Waals surface area contributed by atoms with Crippen LogP contribution in [0.3, 0.4) is 0 Å². The highest BCUT2D eigenvalue weighted by Crippen LogP contribution is 2.27. The average molecular weight is 352 g/mol. The van der Waals surface area contributed by atoms with Gasteiger partial charge in [-0.25, -0.2) is 13.8 Å². The van der Waals surface area contributed by atoms with Crippen molar-refractivity contribution in [2.45, 2.75) is 18.4 Å². The van der Waals surface area contributed by atoms with Gasteiger partial charge in [0.15, 0.2) is 11.6 Å². The van der Waals surface area contributed by atoms with Gasteiger partial charge >= 0.3 is 0 Å². The second kappa shape index (κ2) is 7.23. The van der Waals surface area contributed by atoms with E-state index in [1.807, 2.05) is 0 Å². The molecule has 0 bridgehead atoms. The van der Waals surface area contributed by atoms with Crippen molar-refractivity contribution in [3.05, 3.63) is 64.4 Å². The van der Waals surface area contributed by atoms with Crippen molar-refractivity contribution in [3.63, 3.8) is 0 Å². The fourth-order valence-corrected chi connectivity index (χ4v) is 3.02. The van der Waals surface area contributed by atoms with E-state index in [4.69, 9.17) is 11.6 Å². The highest BCUT2D eigenvalue weighted by atomic mass is 35.5. The summed E-state index contributed by atoms with van der Waals surface area (Å²) in [6.45, 7) is 1.29.